The fourth-order valence-corrected chi connectivity index (χ4v) is 4.64. The number of amides is 2. The smallest absolute Gasteiger partial charge is 0.415 e. The van der Waals surface area contributed by atoms with Crippen molar-refractivity contribution in [1.82, 2.24) is 5.32 Å². The molecule has 0 radical (unpaired) electrons. The second kappa shape index (κ2) is 11.2. The highest BCUT2D eigenvalue weighted by molar-refractivity contribution is 6.00. The summed E-state index contributed by atoms with van der Waals surface area (Å²) in [6, 6.07) is 13.8. The molecule has 2 aromatic rings. The molecule has 2 aromatic carbocycles. The Morgan fingerprint density at radius 3 is 2.36 bits per heavy atom. The number of imide groups is 1. The van der Waals surface area contributed by atoms with Crippen LogP contribution in [0.15, 0.2) is 42.5 Å². The quantitative estimate of drug-likeness (QED) is 0.459. The van der Waals surface area contributed by atoms with E-state index in [-0.39, 0.29) is 0 Å². The Morgan fingerprint density at radius 2 is 1.67 bits per heavy atom. The molecular weight excluding hydrogens is 418 g/mol. The second-order valence-electron chi connectivity index (χ2n) is 8.85. The normalized spacial score (nSPS) is 18.6. The van der Waals surface area contributed by atoms with Crippen molar-refractivity contribution in [3.63, 3.8) is 0 Å². The van der Waals surface area contributed by atoms with Crippen LogP contribution in [-0.2, 0) is 16.0 Å². The fraction of sp³-hybridized carbons (Fsp3) is 0.481. The van der Waals surface area contributed by atoms with Crippen LogP contribution in [-0.4, -0.2) is 25.2 Å². The van der Waals surface area contributed by atoms with Crippen molar-refractivity contribution in [2.45, 2.75) is 70.3 Å². The Bertz CT molecular complexity index is 949. The number of alkyl carbamates (subject to hydrolysis) is 1. The molecule has 6 heteroatoms. The van der Waals surface area contributed by atoms with Crippen molar-refractivity contribution in [3.05, 3.63) is 59.2 Å². The summed E-state index contributed by atoms with van der Waals surface area (Å²) in [7, 11) is 0. The van der Waals surface area contributed by atoms with Crippen molar-refractivity contribution < 1.29 is 23.8 Å². The first-order valence-electron chi connectivity index (χ1n) is 12.1. The molecule has 1 saturated carbocycles. The zero-order valence-electron chi connectivity index (χ0n) is 19.3. The lowest BCUT2D eigenvalue weighted by Gasteiger charge is -2.23. The zero-order chi connectivity index (χ0) is 23.0. The maximum Gasteiger partial charge on any atom is 0.415 e. The number of cyclic esters (lactones) is 1. The van der Waals surface area contributed by atoms with Crippen LogP contribution >= 0.6 is 0 Å². The standard InChI is InChI=1S/C27H33NO5/c1-2-7-22-18-21(19-8-4-3-5-9-19)12-15-24(22)32-17-6-16-31-23-13-10-20(11-14-23)25-26(29)28-27(30)33-25/h10-15,18-19,25H,2-9,16-17H2,1H3,(H,28,29,30). The third-order valence-electron chi connectivity index (χ3n) is 6.37. The summed E-state index contributed by atoms with van der Waals surface area (Å²) in [5.74, 6) is 1.95. The van der Waals surface area contributed by atoms with Crippen molar-refractivity contribution in [2.75, 3.05) is 13.2 Å². The molecule has 1 heterocycles. The molecule has 1 unspecified atom stereocenters. The Balaban J connectivity index is 1.24. The van der Waals surface area contributed by atoms with Gasteiger partial charge in [0, 0.05) is 12.0 Å². The van der Waals surface area contributed by atoms with E-state index in [1.807, 2.05) is 0 Å². The largest absolute Gasteiger partial charge is 0.493 e. The molecule has 1 saturated heterocycles. The molecule has 176 valence electrons. The first kappa shape index (κ1) is 23.1. The van der Waals surface area contributed by atoms with Gasteiger partial charge in [-0.25, -0.2) is 4.79 Å². The van der Waals surface area contributed by atoms with Crippen LogP contribution in [0.4, 0.5) is 4.79 Å². The van der Waals surface area contributed by atoms with Crippen molar-refractivity contribution >= 4 is 12.0 Å². The van der Waals surface area contributed by atoms with Crippen LogP contribution in [0.5, 0.6) is 11.5 Å². The molecule has 1 N–H and O–H groups in total. The highest BCUT2D eigenvalue weighted by atomic mass is 16.6. The van der Waals surface area contributed by atoms with Gasteiger partial charge in [0.1, 0.15) is 11.5 Å². The number of ether oxygens (including phenoxy) is 3. The minimum atomic E-state index is -0.887. The fourth-order valence-electron chi connectivity index (χ4n) is 4.64. The van der Waals surface area contributed by atoms with E-state index in [0.29, 0.717) is 30.4 Å². The SMILES string of the molecule is CCCc1cc(C2CCCCC2)ccc1OCCCOc1ccc(C2OC(=O)NC2=O)cc1. The van der Waals surface area contributed by atoms with Gasteiger partial charge in [-0.15, -0.1) is 0 Å². The van der Waals surface area contributed by atoms with Gasteiger partial charge in [-0.3, -0.25) is 10.1 Å². The molecule has 4 rings (SSSR count). The summed E-state index contributed by atoms with van der Waals surface area (Å²) < 4.78 is 16.9. The van der Waals surface area contributed by atoms with Crippen molar-refractivity contribution in [2.24, 2.45) is 0 Å². The maximum absolute atomic E-state index is 11.7. The number of aryl methyl sites for hydroxylation is 1. The van der Waals surface area contributed by atoms with Gasteiger partial charge >= 0.3 is 6.09 Å². The molecule has 2 fully saturated rings. The molecule has 0 bridgehead atoms. The lowest BCUT2D eigenvalue weighted by Crippen LogP contribution is -2.20. The molecule has 1 atom stereocenters. The lowest BCUT2D eigenvalue weighted by atomic mass is 9.83. The molecule has 0 aromatic heterocycles. The van der Waals surface area contributed by atoms with E-state index in [9.17, 15) is 9.59 Å². The lowest BCUT2D eigenvalue weighted by molar-refractivity contribution is -0.123. The molecule has 33 heavy (non-hydrogen) atoms. The molecule has 1 aliphatic heterocycles. The van der Waals surface area contributed by atoms with Gasteiger partial charge < -0.3 is 14.2 Å². The van der Waals surface area contributed by atoms with E-state index in [1.54, 1.807) is 24.3 Å². The minimum absolute atomic E-state index is 0.444. The highest BCUT2D eigenvalue weighted by Crippen LogP contribution is 2.35. The number of hydrogen-bond acceptors (Lipinski definition) is 5. The number of carbonyl (C=O) groups excluding carboxylic acids is 2. The maximum atomic E-state index is 11.7. The monoisotopic (exact) mass is 451 g/mol. The van der Waals surface area contributed by atoms with Gasteiger partial charge in [-0.05, 0) is 54.5 Å². The molecule has 1 aliphatic carbocycles. The molecule has 2 amide bonds. The Hall–Kier alpha value is -3.02. The number of nitrogens with one attached hydrogen (secondary N) is 1. The third kappa shape index (κ3) is 6.06. The number of carbonyl (C=O) groups is 2. The van der Waals surface area contributed by atoms with Gasteiger partial charge in [0.05, 0.1) is 13.2 Å². The van der Waals surface area contributed by atoms with Crippen molar-refractivity contribution in [3.8, 4) is 11.5 Å². The molecular formula is C27H33NO5. The van der Waals surface area contributed by atoms with E-state index in [2.05, 4.69) is 30.4 Å². The first-order valence-corrected chi connectivity index (χ1v) is 12.1. The van der Waals surface area contributed by atoms with Gasteiger partial charge in [0.2, 0.25) is 6.10 Å². The van der Waals surface area contributed by atoms with Crippen LogP contribution in [0.1, 0.15) is 80.6 Å². The number of benzene rings is 2. The Labute approximate surface area is 195 Å². The van der Waals surface area contributed by atoms with Crippen LogP contribution < -0.4 is 14.8 Å². The number of hydrogen-bond donors (Lipinski definition) is 1. The summed E-state index contributed by atoms with van der Waals surface area (Å²) in [6.45, 7) is 3.33. The van der Waals surface area contributed by atoms with Gasteiger partial charge in [0.15, 0.2) is 0 Å². The van der Waals surface area contributed by atoms with E-state index in [1.165, 1.54) is 43.2 Å². The van der Waals surface area contributed by atoms with Gasteiger partial charge in [-0.2, -0.15) is 0 Å². The van der Waals surface area contributed by atoms with Gasteiger partial charge in [-0.1, -0.05) is 56.9 Å². The predicted octanol–water partition coefficient (Wildman–Crippen LogP) is 5.84. The summed E-state index contributed by atoms with van der Waals surface area (Å²) in [5, 5.41) is 2.13. The van der Waals surface area contributed by atoms with Crippen LogP contribution in [0.3, 0.4) is 0 Å². The molecule has 0 spiro atoms. The summed E-state index contributed by atoms with van der Waals surface area (Å²) in [5.41, 5.74) is 3.41. The summed E-state index contributed by atoms with van der Waals surface area (Å²) in [6.07, 6.45) is 7.98. The first-order chi connectivity index (χ1) is 16.1. The molecule has 6 nitrogen and oxygen atoms in total. The highest BCUT2D eigenvalue weighted by Gasteiger charge is 2.33. The average molecular weight is 452 g/mol. The number of rotatable bonds is 10. The second-order valence-corrected chi connectivity index (χ2v) is 8.85. The summed E-state index contributed by atoms with van der Waals surface area (Å²) in [4.78, 5) is 22.9. The van der Waals surface area contributed by atoms with Crippen LogP contribution in [0.2, 0.25) is 0 Å². The Morgan fingerprint density at radius 1 is 0.939 bits per heavy atom. The minimum Gasteiger partial charge on any atom is -0.493 e. The van der Waals surface area contributed by atoms with Gasteiger partial charge in [0.25, 0.3) is 5.91 Å². The van der Waals surface area contributed by atoms with E-state index in [0.717, 1.165) is 25.0 Å². The van der Waals surface area contributed by atoms with E-state index in [4.69, 9.17) is 14.2 Å². The van der Waals surface area contributed by atoms with Crippen LogP contribution in [0, 0.1) is 0 Å². The summed E-state index contributed by atoms with van der Waals surface area (Å²) >= 11 is 0. The predicted molar refractivity (Wildman–Crippen MR) is 126 cm³/mol. The molecule has 2 aliphatic rings. The average Bonchev–Trinajstić information content (AvgIpc) is 3.18. The van der Waals surface area contributed by atoms with E-state index < -0.39 is 18.1 Å². The van der Waals surface area contributed by atoms with Crippen LogP contribution in [0.25, 0.3) is 0 Å². The zero-order valence-corrected chi connectivity index (χ0v) is 19.3. The van der Waals surface area contributed by atoms with E-state index >= 15 is 0 Å². The van der Waals surface area contributed by atoms with Crippen molar-refractivity contribution in [1.29, 1.82) is 0 Å². The third-order valence-corrected chi connectivity index (χ3v) is 6.37. The topological polar surface area (TPSA) is 73.9 Å². The Kier molecular flexibility index (Phi) is 7.87.